The van der Waals surface area contributed by atoms with E-state index >= 15 is 0 Å². The number of carbonyl (C=O) groups is 2. The minimum Gasteiger partial charge on any atom is -0.497 e. The summed E-state index contributed by atoms with van der Waals surface area (Å²) in [6.45, 7) is 1.90. The number of rotatable bonds is 9. The van der Waals surface area contributed by atoms with Crippen molar-refractivity contribution in [1.82, 2.24) is 19.8 Å². The number of aromatic nitrogens is 2. The summed E-state index contributed by atoms with van der Waals surface area (Å²) in [7, 11) is 1.67. The van der Waals surface area contributed by atoms with Crippen LogP contribution in [-0.4, -0.2) is 46.5 Å². The standard InChI is InChI=1S/C29H29N5O3/c1-37-27-7-3-5-24(15-27)18-33(17-22-8-10-25(11-9-22)32-13-12-30-21-32)26-6-2-4-23(14-26)19-34-20-28(35)31-16-29(34)36/h2-15,21H,16-20H2,1H3,(H,31,35). The van der Waals surface area contributed by atoms with Gasteiger partial charge in [-0.2, -0.15) is 0 Å². The molecule has 1 aliphatic rings. The number of hydrogen-bond acceptors (Lipinski definition) is 5. The maximum atomic E-state index is 12.3. The minimum atomic E-state index is -0.130. The summed E-state index contributed by atoms with van der Waals surface area (Å²) in [5, 5.41) is 2.60. The smallest absolute Gasteiger partial charge is 0.242 e. The number of nitrogens with one attached hydrogen (secondary N) is 1. The van der Waals surface area contributed by atoms with Gasteiger partial charge >= 0.3 is 0 Å². The summed E-state index contributed by atoms with van der Waals surface area (Å²) in [5.74, 6) is 0.614. The maximum absolute atomic E-state index is 12.3. The number of hydrogen-bond donors (Lipinski definition) is 1. The van der Waals surface area contributed by atoms with E-state index < -0.39 is 0 Å². The second-order valence-electron chi connectivity index (χ2n) is 9.04. The molecule has 8 nitrogen and oxygen atoms in total. The Balaban J connectivity index is 1.40. The molecule has 1 N–H and O–H groups in total. The monoisotopic (exact) mass is 495 g/mol. The van der Waals surface area contributed by atoms with E-state index in [0.29, 0.717) is 19.6 Å². The van der Waals surface area contributed by atoms with Crippen molar-refractivity contribution in [2.75, 3.05) is 25.1 Å². The molecule has 1 saturated heterocycles. The topological polar surface area (TPSA) is 79.7 Å². The van der Waals surface area contributed by atoms with Gasteiger partial charge in [0.2, 0.25) is 11.8 Å². The number of ether oxygens (including phenoxy) is 1. The van der Waals surface area contributed by atoms with Crippen molar-refractivity contribution in [1.29, 1.82) is 0 Å². The lowest BCUT2D eigenvalue weighted by Crippen LogP contribution is -2.51. The van der Waals surface area contributed by atoms with Gasteiger partial charge in [0.05, 0.1) is 26.5 Å². The van der Waals surface area contributed by atoms with Crippen LogP contribution in [0.2, 0.25) is 0 Å². The van der Waals surface area contributed by atoms with Crippen molar-refractivity contribution >= 4 is 17.5 Å². The van der Waals surface area contributed by atoms with Crippen LogP contribution in [0.3, 0.4) is 0 Å². The van der Waals surface area contributed by atoms with Gasteiger partial charge in [-0.15, -0.1) is 0 Å². The lowest BCUT2D eigenvalue weighted by molar-refractivity contribution is -0.141. The van der Waals surface area contributed by atoms with E-state index in [9.17, 15) is 9.59 Å². The van der Waals surface area contributed by atoms with Crippen LogP contribution in [0.25, 0.3) is 5.69 Å². The molecule has 1 fully saturated rings. The van der Waals surface area contributed by atoms with E-state index in [4.69, 9.17) is 4.74 Å². The van der Waals surface area contributed by atoms with Crippen LogP contribution in [0, 0.1) is 0 Å². The van der Waals surface area contributed by atoms with E-state index in [1.165, 1.54) is 5.56 Å². The Hall–Kier alpha value is -4.59. The molecule has 1 aromatic heterocycles. The van der Waals surface area contributed by atoms with Gasteiger partial charge in [0.1, 0.15) is 5.75 Å². The maximum Gasteiger partial charge on any atom is 0.242 e. The number of anilines is 1. The summed E-state index contributed by atoms with van der Waals surface area (Å²) in [6.07, 6.45) is 5.47. The number of amides is 2. The average Bonchev–Trinajstić information content (AvgIpc) is 3.46. The zero-order chi connectivity index (χ0) is 25.6. The highest BCUT2D eigenvalue weighted by atomic mass is 16.5. The first-order chi connectivity index (χ1) is 18.1. The van der Waals surface area contributed by atoms with Crippen molar-refractivity contribution in [3.05, 3.63) is 108 Å². The zero-order valence-corrected chi connectivity index (χ0v) is 20.7. The predicted molar refractivity (Wildman–Crippen MR) is 141 cm³/mol. The van der Waals surface area contributed by atoms with Crippen LogP contribution < -0.4 is 15.0 Å². The molecule has 0 saturated carbocycles. The Morgan fingerprint density at radius 3 is 2.51 bits per heavy atom. The van der Waals surface area contributed by atoms with Crippen molar-refractivity contribution in [3.63, 3.8) is 0 Å². The quantitative estimate of drug-likeness (QED) is 0.384. The van der Waals surface area contributed by atoms with Gasteiger partial charge < -0.3 is 24.4 Å². The summed E-state index contributed by atoms with van der Waals surface area (Å²) >= 11 is 0. The van der Waals surface area contributed by atoms with Crippen molar-refractivity contribution < 1.29 is 14.3 Å². The van der Waals surface area contributed by atoms with Crippen LogP contribution in [0.1, 0.15) is 16.7 Å². The van der Waals surface area contributed by atoms with Gasteiger partial charge in [-0.1, -0.05) is 36.4 Å². The molecule has 4 aromatic rings. The molecule has 2 amide bonds. The second kappa shape index (κ2) is 11.0. The van der Waals surface area contributed by atoms with Gasteiger partial charge in [0.15, 0.2) is 0 Å². The third-order valence-corrected chi connectivity index (χ3v) is 6.39. The fourth-order valence-electron chi connectivity index (χ4n) is 4.45. The van der Waals surface area contributed by atoms with Gasteiger partial charge in [-0.3, -0.25) is 9.59 Å². The van der Waals surface area contributed by atoms with Gasteiger partial charge in [0, 0.05) is 43.4 Å². The van der Waals surface area contributed by atoms with Crippen molar-refractivity contribution in [2.24, 2.45) is 0 Å². The number of imidazole rings is 1. The summed E-state index contributed by atoms with van der Waals surface area (Å²) < 4.78 is 7.41. The van der Waals surface area contributed by atoms with Crippen LogP contribution in [0.4, 0.5) is 5.69 Å². The molecule has 5 rings (SSSR count). The lowest BCUT2D eigenvalue weighted by atomic mass is 10.1. The largest absolute Gasteiger partial charge is 0.497 e. The predicted octanol–water partition coefficient (Wildman–Crippen LogP) is 3.55. The Labute approximate surface area is 216 Å². The Bertz CT molecular complexity index is 1370. The number of carbonyl (C=O) groups excluding carboxylic acids is 2. The van der Waals surface area contributed by atoms with Crippen LogP contribution >= 0.6 is 0 Å². The van der Waals surface area contributed by atoms with Crippen molar-refractivity contribution in [3.8, 4) is 11.4 Å². The highest BCUT2D eigenvalue weighted by Crippen LogP contribution is 2.24. The third-order valence-electron chi connectivity index (χ3n) is 6.39. The lowest BCUT2D eigenvalue weighted by Gasteiger charge is -2.28. The number of piperazine rings is 1. The fourth-order valence-corrected chi connectivity index (χ4v) is 4.45. The Morgan fingerprint density at radius 2 is 1.73 bits per heavy atom. The molecule has 1 aliphatic heterocycles. The van der Waals surface area contributed by atoms with E-state index in [-0.39, 0.29) is 24.9 Å². The van der Waals surface area contributed by atoms with Gasteiger partial charge in [-0.05, 0) is 53.1 Å². The SMILES string of the molecule is COc1cccc(CN(Cc2ccc(-n3ccnc3)cc2)c2cccc(CN3CC(=O)NCC3=O)c2)c1. The molecule has 188 valence electrons. The van der Waals surface area contributed by atoms with E-state index in [2.05, 4.69) is 57.7 Å². The van der Waals surface area contributed by atoms with E-state index in [1.807, 2.05) is 41.1 Å². The highest BCUT2D eigenvalue weighted by Gasteiger charge is 2.23. The summed E-state index contributed by atoms with van der Waals surface area (Å²) in [6, 6.07) is 24.7. The molecule has 8 heteroatoms. The molecule has 2 heterocycles. The van der Waals surface area contributed by atoms with Gasteiger partial charge in [0.25, 0.3) is 0 Å². The average molecular weight is 496 g/mol. The molecule has 0 radical (unpaired) electrons. The van der Waals surface area contributed by atoms with Crippen LogP contribution in [-0.2, 0) is 29.2 Å². The van der Waals surface area contributed by atoms with Crippen LogP contribution in [0.15, 0.2) is 91.5 Å². The minimum absolute atomic E-state index is 0.0511. The zero-order valence-electron chi connectivity index (χ0n) is 20.7. The number of benzene rings is 3. The Morgan fingerprint density at radius 1 is 0.946 bits per heavy atom. The second-order valence-corrected chi connectivity index (χ2v) is 9.04. The molecule has 0 bridgehead atoms. The number of methoxy groups -OCH3 is 1. The third kappa shape index (κ3) is 5.98. The van der Waals surface area contributed by atoms with E-state index in [1.54, 1.807) is 24.5 Å². The molecule has 0 atom stereocenters. The molecule has 0 aliphatic carbocycles. The first-order valence-corrected chi connectivity index (χ1v) is 12.2. The summed E-state index contributed by atoms with van der Waals surface area (Å²) in [5.41, 5.74) is 5.36. The van der Waals surface area contributed by atoms with E-state index in [0.717, 1.165) is 28.3 Å². The van der Waals surface area contributed by atoms with Crippen molar-refractivity contribution in [2.45, 2.75) is 19.6 Å². The molecular formula is C29H29N5O3. The highest BCUT2D eigenvalue weighted by molar-refractivity contribution is 5.92. The number of nitrogens with zero attached hydrogens (tertiary/aromatic N) is 4. The normalized spacial score (nSPS) is 13.4. The molecule has 0 spiro atoms. The first kappa shape index (κ1) is 24.1. The summed E-state index contributed by atoms with van der Waals surface area (Å²) in [4.78, 5) is 32.1. The molecule has 37 heavy (non-hydrogen) atoms. The fraction of sp³-hybridized carbons (Fsp3) is 0.207. The molecular weight excluding hydrogens is 466 g/mol. The molecule has 0 unspecified atom stereocenters. The van der Waals surface area contributed by atoms with Gasteiger partial charge in [-0.25, -0.2) is 4.98 Å². The van der Waals surface area contributed by atoms with Crippen LogP contribution in [0.5, 0.6) is 5.75 Å². The first-order valence-electron chi connectivity index (χ1n) is 12.2. The Kier molecular flexibility index (Phi) is 7.16. The molecule has 3 aromatic carbocycles.